The zero-order valence-electron chi connectivity index (χ0n) is 57.2. The van der Waals surface area contributed by atoms with Crippen LogP contribution in [0.15, 0.2) is 0 Å². The van der Waals surface area contributed by atoms with E-state index in [1.165, 1.54) is 148 Å². The van der Waals surface area contributed by atoms with E-state index in [1.807, 2.05) is 0 Å². The summed E-state index contributed by atoms with van der Waals surface area (Å²) in [6, 6.07) is 0. The van der Waals surface area contributed by atoms with Crippen LogP contribution in [-0.4, -0.2) is 96.7 Å². The van der Waals surface area contributed by atoms with E-state index in [0.717, 1.165) is 114 Å². The number of aliphatic hydroxyl groups excluding tert-OH is 1. The minimum absolute atomic E-state index is 0.104. The van der Waals surface area contributed by atoms with Crippen LogP contribution >= 0.6 is 15.6 Å². The van der Waals surface area contributed by atoms with Crippen molar-refractivity contribution in [3.8, 4) is 0 Å². The molecule has 88 heavy (non-hydrogen) atoms. The minimum atomic E-state index is -4.95. The molecule has 19 heteroatoms. The quantitative estimate of drug-likeness (QED) is 0.0222. The van der Waals surface area contributed by atoms with Crippen molar-refractivity contribution in [2.75, 3.05) is 39.6 Å². The van der Waals surface area contributed by atoms with Gasteiger partial charge >= 0.3 is 39.5 Å². The summed E-state index contributed by atoms with van der Waals surface area (Å²) in [5.41, 5.74) is 0. The van der Waals surface area contributed by atoms with Crippen LogP contribution in [0, 0.1) is 17.8 Å². The van der Waals surface area contributed by atoms with Gasteiger partial charge in [-0.3, -0.25) is 37.3 Å². The lowest BCUT2D eigenvalue weighted by Crippen LogP contribution is -2.30. The van der Waals surface area contributed by atoms with Gasteiger partial charge in [-0.25, -0.2) is 9.13 Å². The Morgan fingerprint density at radius 1 is 0.330 bits per heavy atom. The number of aliphatic hydroxyl groups is 1. The molecule has 522 valence electrons. The van der Waals surface area contributed by atoms with E-state index in [2.05, 4.69) is 48.5 Å². The molecule has 0 aliphatic heterocycles. The second-order valence-corrected chi connectivity index (χ2v) is 28.8. The van der Waals surface area contributed by atoms with Crippen LogP contribution in [0.25, 0.3) is 0 Å². The van der Waals surface area contributed by atoms with Gasteiger partial charge in [0.1, 0.15) is 19.3 Å². The molecule has 0 rings (SSSR count). The van der Waals surface area contributed by atoms with Crippen molar-refractivity contribution < 1.29 is 80.2 Å². The van der Waals surface area contributed by atoms with Crippen molar-refractivity contribution in [2.45, 2.75) is 362 Å². The van der Waals surface area contributed by atoms with E-state index in [4.69, 9.17) is 37.0 Å². The average molecular weight is 1300 g/mol. The zero-order valence-corrected chi connectivity index (χ0v) is 59.0. The fraction of sp³-hybridized carbons (Fsp3) is 0.942. The van der Waals surface area contributed by atoms with Gasteiger partial charge in [-0.15, -0.1) is 0 Å². The van der Waals surface area contributed by atoms with Crippen LogP contribution in [0.5, 0.6) is 0 Å². The average Bonchev–Trinajstić information content (AvgIpc) is 3.68. The van der Waals surface area contributed by atoms with Gasteiger partial charge < -0.3 is 33.8 Å². The summed E-state index contributed by atoms with van der Waals surface area (Å²) in [6.45, 7) is 11.8. The van der Waals surface area contributed by atoms with E-state index in [1.54, 1.807) is 0 Å². The van der Waals surface area contributed by atoms with Crippen LogP contribution in [0.4, 0.5) is 0 Å². The largest absolute Gasteiger partial charge is 0.472 e. The summed E-state index contributed by atoms with van der Waals surface area (Å²) in [5.74, 6) is 0.214. The van der Waals surface area contributed by atoms with Crippen LogP contribution in [0.3, 0.4) is 0 Å². The summed E-state index contributed by atoms with van der Waals surface area (Å²) < 4.78 is 68.2. The molecule has 17 nitrogen and oxygen atoms in total. The molecule has 0 aliphatic rings. The number of carbonyl (C=O) groups excluding carboxylic acids is 4. The van der Waals surface area contributed by atoms with Gasteiger partial charge in [0.05, 0.1) is 26.4 Å². The summed E-state index contributed by atoms with van der Waals surface area (Å²) in [6.07, 6.45) is 42.9. The number of esters is 4. The SMILES string of the molecule is CCCCCCCCCCC(=O)OC[C@H](COP(=O)(O)OC[C@H](O)COP(=O)(O)OC[C@@H](COC(=O)CCCCCCCCCCCCC(C)CC)OC(=O)CCCCCCCCCCCCCC(C)C)OC(=O)CCCCCCCCCCC(C)CC. The van der Waals surface area contributed by atoms with Crippen molar-refractivity contribution in [1.29, 1.82) is 0 Å². The molecule has 0 aliphatic carbocycles. The number of phosphoric acid groups is 2. The second-order valence-electron chi connectivity index (χ2n) is 25.9. The standard InChI is InChI=1S/C69H134O17P2/c1-8-11-12-13-14-29-36-43-50-66(71)79-56-64(86-69(74)53-46-39-32-25-24-28-35-42-49-62(7)10-3)58-83-87(75,76)81-54-63(70)55-82-88(77,78)84-59-65(85-68(73)52-45-38-31-23-17-15-16-20-26-33-40-47-60(4)5)57-80-67(72)51-44-37-30-22-19-18-21-27-34-41-48-61(6)9-2/h60-65,70H,8-59H2,1-7H3,(H,75,76)(H,77,78)/t61?,62?,63-,64+,65+/m0/s1. The molecule has 0 saturated carbocycles. The first kappa shape index (κ1) is 86.1. The number of rotatable bonds is 67. The Morgan fingerprint density at radius 2 is 0.580 bits per heavy atom. The molecular weight excluding hydrogens is 1160 g/mol. The highest BCUT2D eigenvalue weighted by Gasteiger charge is 2.30. The molecule has 7 atom stereocenters. The molecule has 0 amide bonds. The summed E-state index contributed by atoms with van der Waals surface area (Å²) in [4.78, 5) is 72.4. The first-order chi connectivity index (χ1) is 42.3. The number of phosphoric ester groups is 2. The summed E-state index contributed by atoms with van der Waals surface area (Å²) >= 11 is 0. The van der Waals surface area contributed by atoms with Gasteiger partial charge in [0.15, 0.2) is 12.2 Å². The number of ether oxygens (including phenoxy) is 4. The van der Waals surface area contributed by atoms with Crippen LogP contribution < -0.4 is 0 Å². The van der Waals surface area contributed by atoms with E-state index in [-0.39, 0.29) is 25.7 Å². The molecule has 0 aromatic carbocycles. The third-order valence-corrected chi connectivity index (χ3v) is 18.5. The lowest BCUT2D eigenvalue weighted by molar-refractivity contribution is -0.161. The first-order valence-electron chi connectivity index (χ1n) is 35.9. The molecule has 0 saturated heterocycles. The van der Waals surface area contributed by atoms with Crippen molar-refractivity contribution in [1.82, 2.24) is 0 Å². The number of hydrogen-bond acceptors (Lipinski definition) is 15. The molecule has 0 aromatic heterocycles. The maximum atomic E-state index is 13.0. The van der Waals surface area contributed by atoms with E-state index in [0.29, 0.717) is 25.7 Å². The van der Waals surface area contributed by atoms with Gasteiger partial charge in [0.25, 0.3) is 0 Å². The smallest absolute Gasteiger partial charge is 0.462 e. The fourth-order valence-corrected chi connectivity index (χ4v) is 11.9. The Bertz CT molecular complexity index is 1740. The predicted octanol–water partition coefficient (Wildman–Crippen LogP) is 19.5. The lowest BCUT2D eigenvalue weighted by atomic mass is 9.99. The normalized spacial score (nSPS) is 14.9. The Balaban J connectivity index is 5.25. The Hall–Kier alpha value is -1.94. The van der Waals surface area contributed by atoms with E-state index < -0.39 is 97.5 Å². The van der Waals surface area contributed by atoms with Crippen molar-refractivity contribution in [2.24, 2.45) is 17.8 Å². The monoisotopic (exact) mass is 1300 g/mol. The summed E-state index contributed by atoms with van der Waals surface area (Å²) in [7, 11) is -9.90. The maximum Gasteiger partial charge on any atom is 0.472 e. The topological polar surface area (TPSA) is 237 Å². The van der Waals surface area contributed by atoms with Crippen LogP contribution in [0.2, 0.25) is 0 Å². The molecule has 0 spiro atoms. The van der Waals surface area contributed by atoms with Crippen molar-refractivity contribution >= 4 is 39.5 Å². The van der Waals surface area contributed by atoms with Crippen molar-refractivity contribution in [3.05, 3.63) is 0 Å². The first-order valence-corrected chi connectivity index (χ1v) is 38.9. The highest BCUT2D eigenvalue weighted by atomic mass is 31.2. The molecule has 0 radical (unpaired) electrons. The van der Waals surface area contributed by atoms with Gasteiger partial charge in [0, 0.05) is 25.7 Å². The Labute approximate surface area is 537 Å². The van der Waals surface area contributed by atoms with E-state index in [9.17, 15) is 43.2 Å². The third kappa shape index (κ3) is 60.3. The lowest BCUT2D eigenvalue weighted by Gasteiger charge is -2.21. The van der Waals surface area contributed by atoms with E-state index >= 15 is 0 Å². The molecule has 0 bridgehead atoms. The van der Waals surface area contributed by atoms with Gasteiger partial charge in [-0.2, -0.15) is 0 Å². The Kier molecular flexibility index (Phi) is 58.7. The van der Waals surface area contributed by atoms with Crippen molar-refractivity contribution in [3.63, 3.8) is 0 Å². The van der Waals surface area contributed by atoms with Gasteiger partial charge in [-0.05, 0) is 43.4 Å². The maximum absolute atomic E-state index is 13.0. The zero-order chi connectivity index (χ0) is 65.2. The van der Waals surface area contributed by atoms with Crippen LogP contribution in [0.1, 0.15) is 344 Å². The number of unbranched alkanes of at least 4 members (excludes halogenated alkanes) is 33. The minimum Gasteiger partial charge on any atom is -0.462 e. The fourth-order valence-electron chi connectivity index (χ4n) is 10.3. The molecule has 0 fully saturated rings. The molecular formula is C69H134O17P2. The highest BCUT2D eigenvalue weighted by Crippen LogP contribution is 2.45. The highest BCUT2D eigenvalue weighted by molar-refractivity contribution is 7.47. The number of hydrogen-bond donors (Lipinski definition) is 3. The summed E-state index contributed by atoms with van der Waals surface area (Å²) in [5, 5.41) is 10.6. The molecule has 0 heterocycles. The third-order valence-electron chi connectivity index (χ3n) is 16.6. The number of carbonyl (C=O) groups is 4. The second kappa shape index (κ2) is 60.0. The predicted molar refractivity (Wildman–Crippen MR) is 354 cm³/mol. The van der Waals surface area contributed by atoms with Crippen LogP contribution in [-0.2, 0) is 65.4 Å². The molecule has 3 N–H and O–H groups in total. The van der Waals surface area contributed by atoms with Gasteiger partial charge in [-0.1, -0.05) is 292 Å². The molecule has 4 unspecified atom stereocenters. The Morgan fingerprint density at radius 3 is 0.864 bits per heavy atom. The molecule has 0 aromatic rings. The van der Waals surface area contributed by atoms with Gasteiger partial charge in [0.2, 0.25) is 0 Å².